The van der Waals surface area contributed by atoms with Crippen molar-refractivity contribution >= 4 is 11.6 Å². The van der Waals surface area contributed by atoms with Gasteiger partial charge in [0, 0.05) is 12.7 Å². The third-order valence-electron chi connectivity index (χ3n) is 2.67. The first-order chi connectivity index (χ1) is 9.20. The first-order valence-electron chi connectivity index (χ1n) is 5.95. The van der Waals surface area contributed by atoms with Gasteiger partial charge in [0.15, 0.2) is 0 Å². The van der Waals surface area contributed by atoms with Gasteiger partial charge in [-0.3, -0.25) is 0 Å². The maximum Gasteiger partial charge on any atom is 0.133 e. The van der Waals surface area contributed by atoms with Crippen molar-refractivity contribution in [2.45, 2.75) is 0 Å². The second kappa shape index (κ2) is 6.06. The van der Waals surface area contributed by atoms with E-state index in [2.05, 4.69) is 4.98 Å². The Kier molecular flexibility index (Phi) is 4.20. The fourth-order valence-corrected chi connectivity index (χ4v) is 1.71. The van der Waals surface area contributed by atoms with Crippen LogP contribution in [-0.4, -0.2) is 25.3 Å². The SMILES string of the molecule is COCCOc1ccc(-c2ccc(N)nc2N)cc1. The third kappa shape index (κ3) is 3.35. The van der Waals surface area contributed by atoms with Crippen LogP contribution in [0.25, 0.3) is 11.1 Å². The molecule has 2 rings (SSSR count). The van der Waals surface area contributed by atoms with E-state index < -0.39 is 0 Å². The molecule has 1 aromatic heterocycles. The quantitative estimate of drug-likeness (QED) is 0.802. The zero-order chi connectivity index (χ0) is 13.7. The predicted octanol–water partition coefficient (Wildman–Crippen LogP) is 1.94. The summed E-state index contributed by atoms with van der Waals surface area (Å²) in [5, 5.41) is 0. The number of nitrogens with two attached hydrogens (primary N) is 2. The fraction of sp³-hybridized carbons (Fsp3) is 0.214. The van der Waals surface area contributed by atoms with Crippen molar-refractivity contribution in [2.75, 3.05) is 31.8 Å². The molecule has 5 nitrogen and oxygen atoms in total. The van der Waals surface area contributed by atoms with E-state index in [-0.39, 0.29) is 0 Å². The predicted molar refractivity (Wildman–Crippen MR) is 75.9 cm³/mol. The van der Waals surface area contributed by atoms with Crippen LogP contribution < -0.4 is 16.2 Å². The molecule has 0 bridgehead atoms. The Morgan fingerprint density at radius 1 is 1.00 bits per heavy atom. The molecule has 0 fully saturated rings. The molecule has 100 valence electrons. The topological polar surface area (TPSA) is 83.4 Å². The van der Waals surface area contributed by atoms with Crippen molar-refractivity contribution < 1.29 is 9.47 Å². The molecule has 0 saturated heterocycles. The number of aromatic nitrogens is 1. The van der Waals surface area contributed by atoms with E-state index in [0.29, 0.717) is 24.8 Å². The van der Waals surface area contributed by atoms with Crippen LogP contribution >= 0.6 is 0 Å². The van der Waals surface area contributed by atoms with Gasteiger partial charge in [0.25, 0.3) is 0 Å². The van der Waals surface area contributed by atoms with Crippen LogP contribution in [0.15, 0.2) is 36.4 Å². The van der Waals surface area contributed by atoms with Crippen molar-refractivity contribution in [3.8, 4) is 16.9 Å². The summed E-state index contributed by atoms with van der Waals surface area (Å²) in [4.78, 5) is 4.04. The number of hydrogen-bond donors (Lipinski definition) is 2. The number of benzene rings is 1. The van der Waals surface area contributed by atoms with Gasteiger partial charge in [-0.1, -0.05) is 12.1 Å². The van der Waals surface area contributed by atoms with E-state index in [0.717, 1.165) is 16.9 Å². The molecule has 0 aliphatic heterocycles. The van der Waals surface area contributed by atoms with Crippen molar-refractivity contribution in [1.82, 2.24) is 4.98 Å². The van der Waals surface area contributed by atoms with Crippen molar-refractivity contribution in [3.05, 3.63) is 36.4 Å². The van der Waals surface area contributed by atoms with E-state index in [1.807, 2.05) is 30.3 Å². The second-order valence-electron chi connectivity index (χ2n) is 4.03. The Morgan fingerprint density at radius 2 is 1.74 bits per heavy atom. The summed E-state index contributed by atoms with van der Waals surface area (Å²) in [7, 11) is 1.64. The molecule has 5 heteroatoms. The van der Waals surface area contributed by atoms with E-state index in [1.54, 1.807) is 13.2 Å². The van der Waals surface area contributed by atoms with E-state index >= 15 is 0 Å². The number of ether oxygens (including phenoxy) is 2. The Balaban J connectivity index is 2.13. The number of nitrogens with zero attached hydrogens (tertiary/aromatic N) is 1. The molecule has 19 heavy (non-hydrogen) atoms. The van der Waals surface area contributed by atoms with Gasteiger partial charge >= 0.3 is 0 Å². The summed E-state index contributed by atoms with van der Waals surface area (Å²) in [6.45, 7) is 1.10. The van der Waals surface area contributed by atoms with Crippen LogP contribution in [0.1, 0.15) is 0 Å². The van der Waals surface area contributed by atoms with E-state index in [4.69, 9.17) is 20.9 Å². The minimum Gasteiger partial charge on any atom is -0.491 e. The van der Waals surface area contributed by atoms with Gasteiger partial charge in [-0.25, -0.2) is 4.98 Å². The normalized spacial score (nSPS) is 10.4. The lowest BCUT2D eigenvalue weighted by molar-refractivity contribution is 0.146. The Bertz CT molecular complexity index is 541. The summed E-state index contributed by atoms with van der Waals surface area (Å²) in [5.74, 6) is 1.64. The standard InChI is InChI=1S/C14H17N3O2/c1-18-8-9-19-11-4-2-10(3-5-11)12-6-7-13(15)17-14(12)16/h2-7H,8-9H2,1H3,(H4,15,16,17). The minimum atomic E-state index is 0.417. The highest BCUT2D eigenvalue weighted by Gasteiger charge is 2.04. The lowest BCUT2D eigenvalue weighted by Gasteiger charge is -2.08. The fourth-order valence-electron chi connectivity index (χ4n) is 1.71. The number of anilines is 2. The summed E-state index contributed by atoms with van der Waals surface area (Å²) >= 11 is 0. The summed E-state index contributed by atoms with van der Waals surface area (Å²) < 4.78 is 10.4. The van der Waals surface area contributed by atoms with Crippen molar-refractivity contribution in [3.63, 3.8) is 0 Å². The molecule has 0 radical (unpaired) electrons. The Hall–Kier alpha value is -2.27. The molecule has 0 spiro atoms. The average molecular weight is 259 g/mol. The lowest BCUT2D eigenvalue weighted by Crippen LogP contribution is -2.04. The average Bonchev–Trinajstić information content (AvgIpc) is 2.40. The maximum atomic E-state index is 5.85. The molecule has 4 N–H and O–H groups in total. The van der Waals surface area contributed by atoms with Crippen molar-refractivity contribution in [1.29, 1.82) is 0 Å². The highest BCUT2D eigenvalue weighted by molar-refractivity contribution is 5.75. The van der Waals surface area contributed by atoms with Gasteiger partial charge in [0.1, 0.15) is 24.0 Å². The van der Waals surface area contributed by atoms with Crippen molar-refractivity contribution in [2.24, 2.45) is 0 Å². The van der Waals surface area contributed by atoms with Crippen LogP contribution in [0, 0.1) is 0 Å². The molecule has 0 amide bonds. The largest absolute Gasteiger partial charge is 0.491 e. The molecule has 0 unspecified atom stereocenters. The summed E-state index contributed by atoms with van der Waals surface area (Å²) in [5.41, 5.74) is 13.3. The van der Waals surface area contributed by atoms with Crippen LogP contribution in [0.3, 0.4) is 0 Å². The summed E-state index contributed by atoms with van der Waals surface area (Å²) in [6, 6.07) is 11.2. The molecule has 0 aliphatic rings. The van der Waals surface area contributed by atoms with E-state index in [1.165, 1.54) is 0 Å². The number of methoxy groups -OCH3 is 1. The van der Waals surface area contributed by atoms with Gasteiger partial charge in [-0.15, -0.1) is 0 Å². The van der Waals surface area contributed by atoms with Gasteiger partial charge in [-0.2, -0.15) is 0 Å². The molecular weight excluding hydrogens is 242 g/mol. The van der Waals surface area contributed by atoms with Crippen LogP contribution in [0.5, 0.6) is 5.75 Å². The lowest BCUT2D eigenvalue weighted by atomic mass is 10.1. The van der Waals surface area contributed by atoms with Gasteiger partial charge in [0.2, 0.25) is 0 Å². The molecular formula is C14H17N3O2. The number of hydrogen-bond acceptors (Lipinski definition) is 5. The second-order valence-corrected chi connectivity index (χ2v) is 4.03. The van der Waals surface area contributed by atoms with Gasteiger partial charge in [0.05, 0.1) is 6.61 Å². The van der Waals surface area contributed by atoms with Crippen LogP contribution in [0.4, 0.5) is 11.6 Å². The minimum absolute atomic E-state index is 0.417. The molecule has 0 aliphatic carbocycles. The van der Waals surface area contributed by atoms with Gasteiger partial charge < -0.3 is 20.9 Å². The zero-order valence-electron chi connectivity index (χ0n) is 10.8. The zero-order valence-corrected chi connectivity index (χ0v) is 10.8. The number of nitrogen functional groups attached to an aromatic ring is 2. The molecule has 2 aromatic rings. The Labute approximate surface area is 112 Å². The third-order valence-corrected chi connectivity index (χ3v) is 2.67. The van der Waals surface area contributed by atoms with Gasteiger partial charge in [-0.05, 0) is 29.8 Å². The van der Waals surface area contributed by atoms with E-state index in [9.17, 15) is 0 Å². The Morgan fingerprint density at radius 3 is 2.37 bits per heavy atom. The van der Waals surface area contributed by atoms with Crippen LogP contribution in [-0.2, 0) is 4.74 Å². The summed E-state index contributed by atoms with van der Waals surface area (Å²) in [6.07, 6.45) is 0. The smallest absolute Gasteiger partial charge is 0.133 e. The maximum absolute atomic E-state index is 5.85. The molecule has 1 aromatic carbocycles. The highest BCUT2D eigenvalue weighted by Crippen LogP contribution is 2.26. The number of pyridine rings is 1. The first-order valence-corrected chi connectivity index (χ1v) is 5.95. The first kappa shape index (κ1) is 13.2. The highest BCUT2D eigenvalue weighted by atomic mass is 16.5. The number of rotatable bonds is 5. The van der Waals surface area contributed by atoms with Crippen LogP contribution in [0.2, 0.25) is 0 Å². The molecule has 1 heterocycles. The monoisotopic (exact) mass is 259 g/mol. The molecule has 0 atom stereocenters. The molecule has 0 saturated carbocycles.